The largest absolute Gasteiger partial charge is 0.445 e. The van der Waals surface area contributed by atoms with Crippen LogP contribution in [0.3, 0.4) is 0 Å². The Balaban J connectivity index is 1.71. The smallest absolute Gasteiger partial charge is 0.410 e. The van der Waals surface area contributed by atoms with Crippen LogP contribution in [0.2, 0.25) is 0 Å². The molecule has 0 radical (unpaired) electrons. The lowest BCUT2D eigenvalue weighted by atomic mass is 9.91. The molecule has 3 rings (SSSR count). The molecule has 26 heavy (non-hydrogen) atoms. The number of carbonyl (C=O) groups excluding carboxylic acids is 2. The fourth-order valence-corrected chi connectivity index (χ4v) is 4.38. The van der Waals surface area contributed by atoms with E-state index in [1.165, 1.54) is 0 Å². The Bertz CT molecular complexity index is 638. The summed E-state index contributed by atoms with van der Waals surface area (Å²) in [5, 5.41) is 0. The van der Waals surface area contributed by atoms with Crippen molar-refractivity contribution >= 4 is 12.0 Å². The Morgan fingerprint density at radius 1 is 1.12 bits per heavy atom. The molecule has 0 aliphatic carbocycles. The summed E-state index contributed by atoms with van der Waals surface area (Å²) < 4.78 is 5.51. The number of nitrogens with zero attached hydrogens (tertiary/aromatic N) is 2. The predicted octanol–water partition coefficient (Wildman–Crippen LogP) is 3.97. The molecule has 0 saturated carbocycles. The molecule has 0 N–H and O–H groups in total. The van der Waals surface area contributed by atoms with Gasteiger partial charge in [0, 0.05) is 18.6 Å². The van der Waals surface area contributed by atoms with Crippen molar-refractivity contribution in [3.63, 3.8) is 0 Å². The van der Waals surface area contributed by atoms with Crippen molar-refractivity contribution < 1.29 is 14.3 Å². The van der Waals surface area contributed by atoms with Gasteiger partial charge in [-0.15, -0.1) is 0 Å². The number of ether oxygens (including phenoxy) is 1. The third-order valence-corrected chi connectivity index (χ3v) is 5.96. The van der Waals surface area contributed by atoms with Crippen LogP contribution in [0.4, 0.5) is 4.79 Å². The van der Waals surface area contributed by atoms with Gasteiger partial charge in [-0.05, 0) is 58.4 Å². The molecule has 2 heterocycles. The zero-order valence-corrected chi connectivity index (χ0v) is 16.1. The summed E-state index contributed by atoms with van der Waals surface area (Å²) in [4.78, 5) is 29.8. The van der Waals surface area contributed by atoms with E-state index in [0.29, 0.717) is 13.0 Å². The highest BCUT2D eigenvalue weighted by Crippen LogP contribution is 2.35. The molecular formula is C21H30N2O3. The van der Waals surface area contributed by atoms with Gasteiger partial charge in [-0.3, -0.25) is 9.69 Å². The molecule has 1 aromatic carbocycles. The minimum atomic E-state index is -0.798. The Morgan fingerprint density at radius 3 is 2.42 bits per heavy atom. The predicted molar refractivity (Wildman–Crippen MR) is 101 cm³/mol. The topological polar surface area (TPSA) is 49.9 Å². The summed E-state index contributed by atoms with van der Waals surface area (Å²) in [7, 11) is 0. The third-order valence-electron chi connectivity index (χ3n) is 5.96. The van der Waals surface area contributed by atoms with Crippen LogP contribution in [0, 0.1) is 0 Å². The van der Waals surface area contributed by atoms with Crippen molar-refractivity contribution in [1.29, 1.82) is 0 Å². The van der Waals surface area contributed by atoms with Gasteiger partial charge in [0.05, 0.1) is 0 Å². The maximum atomic E-state index is 13.4. The van der Waals surface area contributed by atoms with E-state index in [4.69, 9.17) is 4.74 Å². The quantitative estimate of drug-likeness (QED) is 0.821. The van der Waals surface area contributed by atoms with Gasteiger partial charge in [-0.1, -0.05) is 30.3 Å². The van der Waals surface area contributed by atoms with Crippen LogP contribution in [0.15, 0.2) is 30.3 Å². The Labute approximate surface area is 156 Å². The number of carbonyl (C=O) groups is 2. The first-order chi connectivity index (χ1) is 12.4. The Morgan fingerprint density at radius 2 is 1.77 bits per heavy atom. The fraction of sp³-hybridized carbons (Fsp3) is 0.619. The molecular weight excluding hydrogens is 328 g/mol. The SMILES string of the molecule is CC1CCCC(C)N1C(=O)C1(C)CCCN1C(=O)OCc1ccccc1. The molecule has 2 amide bonds. The van der Waals surface area contributed by atoms with Crippen molar-refractivity contribution in [2.24, 2.45) is 0 Å². The van der Waals surface area contributed by atoms with Crippen molar-refractivity contribution in [2.45, 2.75) is 77.1 Å². The van der Waals surface area contributed by atoms with E-state index >= 15 is 0 Å². The summed E-state index contributed by atoms with van der Waals surface area (Å²) >= 11 is 0. The first-order valence-electron chi connectivity index (χ1n) is 9.74. The van der Waals surface area contributed by atoms with E-state index in [2.05, 4.69) is 13.8 Å². The first kappa shape index (κ1) is 18.7. The molecule has 0 aromatic heterocycles. The van der Waals surface area contributed by atoms with Crippen LogP contribution in [-0.4, -0.2) is 46.0 Å². The Hall–Kier alpha value is -2.04. The lowest BCUT2D eigenvalue weighted by Gasteiger charge is -2.45. The second kappa shape index (κ2) is 7.68. The number of hydrogen-bond acceptors (Lipinski definition) is 3. The highest BCUT2D eigenvalue weighted by atomic mass is 16.6. The Kier molecular flexibility index (Phi) is 5.54. The maximum Gasteiger partial charge on any atom is 0.410 e. The third kappa shape index (κ3) is 3.57. The fourth-order valence-electron chi connectivity index (χ4n) is 4.38. The zero-order chi connectivity index (χ0) is 18.7. The molecule has 3 unspecified atom stereocenters. The summed E-state index contributed by atoms with van der Waals surface area (Å²) in [6.45, 7) is 6.94. The highest BCUT2D eigenvalue weighted by molar-refractivity contribution is 5.90. The van der Waals surface area contributed by atoms with Gasteiger partial charge in [-0.25, -0.2) is 4.79 Å². The average Bonchev–Trinajstić information content (AvgIpc) is 3.03. The minimum absolute atomic E-state index is 0.0753. The van der Waals surface area contributed by atoms with Crippen LogP contribution in [-0.2, 0) is 16.1 Å². The number of amides is 2. The van der Waals surface area contributed by atoms with E-state index in [1.54, 1.807) is 4.90 Å². The van der Waals surface area contributed by atoms with Gasteiger partial charge < -0.3 is 9.64 Å². The van der Waals surface area contributed by atoms with E-state index in [-0.39, 0.29) is 30.7 Å². The lowest BCUT2D eigenvalue weighted by molar-refractivity contribution is -0.147. The van der Waals surface area contributed by atoms with Gasteiger partial charge in [0.2, 0.25) is 5.91 Å². The monoisotopic (exact) mass is 358 g/mol. The van der Waals surface area contributed by atoms with E-state index < -0.39 is 5.54 Å². The number of piperidine rings is 1. The van der Waals surface area contributed by atoms with E-state index in [1.807, 2.05) is 42.2 Å². The molecule has 5 heteroatoms. The molecule has 1 aromatic rings. The second-order valence-electron chi connectivity index (χ2n) is 7.91. The summed E-state index contributed by atoms with van der Waals surface area (Å²) in [6.07, 6.45) is 4.36. The number of likely N-dealkylation sites (tertiary alicyclic amines) is 2. The molecule has 5 nitrogen and oxygen atoms in total. The molecule has 2 fully saturated rings. The van der Waals surface area contributed by atoms with Gasteiger partial charge in [-0.2, -0.15) is 0 Å². The zero-order valence-electron chi connectivity index (χ0n) is 16.1. The number of hydrogen-bond donors (Lipinski definition) is 0. The molecule has 3 atom stereocenters. The normalized spacial score (nSPS) is 28.9. The molecule has 0 spiro atoms. The summed E-state index contributed by atoms with van der Waals surface area (Å²) in [6, 6.07) is 10.1. The second-order valence-corrected chi connectivity index (χ2v) is 7.91. The van der Waals surface area contributed by atoms with Crippen molar-refractivity contribution in [2.75, 3.05) is 6.54 Å². The van der Waals surface area contributed by atoms with Crippen molar-refractivity contribution in [3.8, 4) is 0 Å². The summed E-state index contributed by atoms with van der Waals surface area (Å²) in [5.74, 6) is 0.0753. The average molecular weight is 358 g/mol. The van der Waals surface area contributed by atoms with Gasteiger partial charge in [0.25, 0.3) is 0 Å². The maximum absolute atomic E-state index is 13.4. The molecule has 142 valence electrons. The number of benzene rings is 1. The van der Waals surface area contributed by atoms with Crippen molar-refractivity contribution in [3.05, 3.63) is 35.9 Å². The lowest BCUT2D eigenvalue weighted by Crippen LogP contribution is -2.61. The van der Waals surface area contributed by atoms with Crippen LogP contribution < -0.4 is 0 Å². The van der Waals surface area contributed by atoms with E-state index in [9.17, 15) is 9.59 Å². The summed E-state index contributed by atoms with van der Waals surface area (Å²) in [5.41, 5.74) is 0.152. The van der Waals surface area contributed by atoms with Crippen LogP contribution >= 0.6 is 0 Å². The highest BCUT2D eigenvalue weighted by Gasteiger charge is 2.50. The first-order valence-corrected chi connectivity index (χ1v) is 9.74. The van der Waals surface area contributed by atoms with Crippen LogP contribution in [0.25, 0.3) is 0 Å². The molecule has 2 aliphatic rings. The van der Waals surface area contributed by atoms with Crippen LogP contribution in [0.1, 0.15) is 58.4 Å². The van der Waals surface area contributed by atoms with Crippen molar-refractivity contribution in [1.82, 2.24) is 9.80 Å². The number of rotatable bonds is 3. The van der Waals surface area contributed by atoms with Gasteiger partial charge in [0.1, 0.15) is 12.1 Å². The molecule has 0 bridgehead atoms. The standard InChI is InChI=1S/C21H30N2O3/c1-16-9-7-10-17(2)23(16)19(24)21(3)13-8-14-22(21)20(25)26-15-18-11-5-4-6-12-18/h4-6,11-12,16-17H,7-10,13-15H2,1-3H3. The van der Waals surface area contributed by atoms with Crippen LogP contribution in [0.5, 0.6) is 0 Å². The van der Waals surface area contributed by atoms with E-state index in [0.717, 1.165) is 31.2 Å². The van der Waals surface area contributed by atoms with Gasteiger partial charge in [0.15, 0.2) is 0 Å². The molecule has 2 aliphatic heterocycles. The van der Waals surface area contributed by atoms with Gasteiger partial charge >= 0.3 is 6.09 Å². The minimum Gasteiger partial charge on any atom is -0.445 e. The molecule has 2 saturated heterocycles.